The molecule has 0 bridgehead atoms. The Labute approximate surface area is 327 Å². The maximum absolute atomic E-state index is 13.3. The smallest absolute Gasteiger partial charge is 0.326 e. The number of allylic oxidation sites excluding steroid dienone is 3. The van der Waals surface area contributed by atoms with Gasteiger partial charge in [-0.25, -0.2) is 13.2 Å². The summed E-state index contributed by atoms with van der Waals surface area (Å²) < 4.78 is 28.5. The lowest BCUT2D eigenvalue weighted by molar-refractivity contribution is -0.139. The number of carboxylic acid groups (broad SMARTS) is 1. The Kier molecular flexibility index (Phi) is 25.5. The lowest BCUT2D eigenvalue weighted by Crippen LogP contribution is -2.42. The second-order valence-electron chi connectivity index (χ2n) is 13.7. The minimum Gasteiger partial charge on any atom is -0.480 e. The summed E-state index contributed by atoms with van der Waals surface area (Å²) in [7, 11) is -1.65. The van der Waals surface area contributed by atoms with Gasteiger partial charge >= 0.3 is 5.97 Å². The minimum absolute atomic E-state index is 0.203. The zero-order chi connectivity index (χ0) is 41.3. The van der Waals surface area contributed by atoms with Crippen molar-refractivity contribution in [3.63, 3.8) is 0 Å². The molecule has 4 rings (SSSR count). The molecule has 1 saturated heterocycles. The predicted octanol–water partition coefficient (Wildman–Crippen LogP) is 9.71. The molecule has 8 nitrogen and oxygen atoms in total. The van der Waals surface area contributed by atoms with Crippen LogP contribution in [0.2, 0.25) is 0 Å². The Balaban J connectivity index is 0.00000128. The predicted molar refractivity (Wildman–Crippen MR) is 228 cm³/mol. The molecule has 1 heterocycles. The summed E-state index contributed by atoms with van der Waals surface area (Å²) in [6.45, 7) is 24.5. The number of nitrogens with zero attached hydrogens (tertiary/aromatic N) is 1. The van der Waals surface area contributed by atoms with E-state index in [-0.39, 0.29) is 12.2 Å². The number of carbonyl (C=O) groups excluding carboxylic acids is 1. The highest BCUT2D eigenvalue weighted by atomic mass is 32.2. The third-order valence-electron chi connectivity index (χ3n) is 8.02. The molecule has 0 spiro atoms. The highest BCUT2D eigenvalue weighted by Crippen LogP contribution is 2.31. The van der Waals surface area contributed by atoms with Gasteiger partial charge < -0.3 is 15.2 Å². The highest BCUT2D eigenvalue weighted by molar-refractivity contribution is 7.90. The summed E-state index contributed by atoms with van der Waals surface area (Å²) in [6, 6.07) is 22.6. The molecule has 1 aliphatic heterocycles. The average Bonchev–Trinajstić information content (AvgIpc) is 3.46. The maximum atomic E-state index is 13.3. The molecule has 0 aromatic heterocycles. The first-order valence-corrected chi connectivity index (χ1v) is 21.0. The number of carbonyl (C=O) groups is 2. The van der Waals surface area contributed by atoms with Crippen LogP contribution in [-0.4, -0.2) is 74.7 Å². The number of nitrogens with one attached hydrogen (secondary N) is 1. The fraction of sp³-hybridized carbons (Fsp3) is 0.467. The van der Waals surface area contributed by atoms with E-state index in [2.05, 4.69) is 56.6 Å². The number of carboxylic acids is 1. The molecular weight excluding hydrogens is 697 g/mol. The van der Waals surface area contributed by atoms with Crippen molar-refractivity contribution in [3.8, 4) is 11.1 Å². The summed E-state index contributed by atoms with van der Waals surface area (Å²) >= 11 is 0. The van der Waals surface area contributed by atoms with E-state index in [4.69, 9.17) is 4.74 Å². The van der Waals surface area contributed by atoms with Gasteiger partial charge in [-0.15, -0.1) is 0 Å². The second-order valence-corrected chi connectivity index (χ2v) is 16.0. The van der Waals surface area contributed by atoms with Gasteiger partial charge in [-0.3, -0.25) is 9.69 Å². The minimum atomic E-state index is -3.37. The van der Waals surface area contributed by atoms with E-state index in [1.54, 1.807) is 19.3 Å². The summed E-state index contributed by atoms with van der Waals surface area (Å²) in [6.07, 6.45) is 6.92. The lowest BCUT2D eigenvalue weighted by Gasteiger charge is -2.24. The van der Waals surface area contributed by atoms with Gasteiger partial charge in [0, 0.05) is 38.1 Å². The monoisotopic (exact) mass is 764 g/mol. The van der Waals surface area contributed by atoms with E-state index in [0.29, 0.717) is 36.2 Å². The van der Waals surface area contributed by atoms with Gasteiger partial charge in [0.25, 0.3) is 5.91 Å². The first-order chi connectivity index (χ1) is 25.6. The number of rotatable bonds is 12. The Bertz CT molecular complexity index is 1670. The van der Waals surface area contributed by atoms with Gasteiger partial charge in [-0.2, -0.15) is 0 Å². The number of ether oxygens (including phenoxy) is 1. The van der Waals surface area contributed by atoms with Crippen LogP contribution in [0.5, 0.6) is 0 Å². The molecule has 2 N–H and O–H groups in total. The van der Waals surface area contributed by atoms with E-state index in [1.807, 2.05) is 95.3 Å². The van der Waals surface area contributed by atoms with Crippen LogP contribution in [0.25, 0.3) is 11.1 Å². The molecule has 3 aromatic rings. The Morgan fingerprint density at radius 2 is 1.59 bits per heavy atom. The third-order valence-corrected chi connectivity index (χ3v) is 9.00. The van der Waals surface area contributed by atoms with E-state index in [1.165, 1.54) is 17.6 Å². The van der Waals surface area contributed by atoms with Gasteiger partial charge in [0.15, 0.2) is 0 Å². The number of hydrogen-bond acceptors (Lipinski definition) is 6. The Morgan fingerprint density at radius 1 is 1.00 bits per heavy atom. The van der Waals surface area contributed by atoms with Crippen LogP contribution in [-0.2, 0) is 25.9 Å². The molecule has 3 atom stereocenters. The summed E-state index contributed by atoms with van der Waals surface area (Å²) in [5, 5.41) is 12.1. The zero-order valence-corrected chi connectivity index (χ0v) is 35.6. The molecular formula is C45H68N2O6S. The number of amides is 1. The number of benzene rings is 3. The Morgan fingerprint density at radius 3 is 2.06 bits per heavy atom. The second kappa shape index (κ2) is 27.5. The van der Waals surface area contributed by atoms with Crippen LogP contribution in [0.3, 0.4) is 0 Å². The Hall–Kier alpha value is -4.05. The number of hydrogen-bond donors (Lipinski definition) is 2. The number of sulfone groups is 1. The lowest BCUT2D eigenvalue weighted by atomic mass is 9.93. The first kappa shape index (κ1) is 49.9. The largest absolute Gasteiger partial charge is 0.480 e. The van der Waals surface area contributed by atoms with E-state index in [0.717, 1.165) is 35.9 Å². The summed E-state index contributed by atoms with van der Waals surface area (Å²) in [5.74, 6) is -1.57. The van der Waals surface area contributed by atoms with Crippen LogP contribution < -0.4 is 5.32 Å². The molecule has 0 radical (unpaired) electrons. The fourth-order valence-corrected chi connectivity index (χ4v) is 6.28. The molecule has 0 aliphatic carbocycles. The standard InChI is InChI=1S/C27H36N2O6S.C7H8.C6H10.C3H8.C2H6/c1-18-13-21(17-35-3)29(15-18)16-20-9-10-23(24(14-20)22-8-6-5-7-19(22)2)26(30)28-25(27(31)32)11-12-36(4,33)34;1-7-5-3-2-4-6-7;1-4-5-6(2)3;1-3-2;1-2/h5-10,14,18,21,25H,11-13,15-17H2,1-4H3,(H,28,30)(H,31,32);2-6H,1H3;4-5H,1H2,2-3H3;3H2,1-2H3;1-2H3. The highest BCUT2D eigenvalue weighted by Gasteiger charge is 2.30. The van der Waals surface area contributed by atoms with Crippen molar-refractivity contribution in [2.75, 3.05) is 32.3 Å². The quantitative estimate of drug-likeness (QED) is 0.177. The van der Waals surface area contributed by atoms with Crippen LogP contribution in [0.4, 0.5) is 0 Å². The molecule has 1 fully saturated rings. The van der Waals surface area contributed by atoms with Gasteiger partial charge in [-0.1, -0.05) is 132 Å². The fourth-order valence-electron chi connectivity index (χ4n) is 5.61. The van der Waals surface area contributed by atoms with Crippen molar-refractivity contribution >= 4 is 21.7 Å². The van der Waals surface area contributed by atoms with E-state index in [9.17, 15) is 23.1 Å². The van der Waals surface area contributed by atoms with E-state index < -0.39 is 27.8 Å². The van der Waals surface area contributed by atoms with Gasteiger partial charge in [-0.05, 0) is 80.8 Å². The van der Waals surface area contributed by atoms with Gasteiger partial charge in [0.2, 0.25) is 0 Å². The summed E-state index contributed by atoms with van der Waals surface area (Å²) in [4.78, 5) is 27.4. The SMILES string of the molecule is C=CC=C(C)C.CC.CCC.COCC1CC(C)CN1Cc1ccc(C(=O)NC(CCS(C)(=O)=O)C(=O)O)c(-c2ccccc2C)c1.Cc1ccccc1. The molecule has 1 aliphatic rings. The topological polar surface area (TPSA) is 113 Å². The molecule has 0 saturated carbocycles. The average molecular weight is 765 g/mol. The van der Waals surface area contributed by atoms with E-state index >= 15 is 0 Å². The van der Waals surface area contributed by atoms with Crippen LogP contribution in [0.15, 0.2) is 97.1 Å². The molecule has 9 heteroatoms. The van der Waals surface area contributed by atoms with Gasteiger partial charge in [0.05, 0.1) is 12.4 Å². The number of likely N-dealkylation sites (tertiary alicyclic amines) is 1. The molecule has 300 valence electrons. The number of methoxy groups -OCH3 is 1. The normalized spacial score (nSPS) is 15.2. The number of aliphatic carboxylic acids is 1. The summed E-state index contributed by atoms with van der Waals surface area (Å²) in [5.41, 5.74) is 6.60. The first-order valence-electron chi connectivity index (χ1n) is 19.0. The van der Waals surface area contributed by atoms with Crippen molar-refractivity contribution in [1.82, 2.24) is 10.2 Å². The van der Waals surface area contributed by atoms with Crippen LogP contribution >= 0.6 is 0 Å². The van der Waals surface area contributed by atoms with Crippen molar-refractivity contribution in [2.45, 2.75) is 100 Å². The molecule has 54 heavy (non-hydrogen) atoms. The molecule has 3 aromatic carbocycles. The van der Waals surface area contributed by atoms with Crippen LogP contribution in [0.1, 0.15) is 94.8 Å². The van der Waals surface area contributed by atoms with Crippen LogP contribution in [0, 0.1) is 19.8 Å². The zero-order valence-electron chi connectivity index (χ0n) is 34.8. The molecule has 1 amide bonds. The van der Waals surface area contributed by atoms with Crippen molar-refractivity contribution in [1.29, 1.82) is 0 Å². The number of aryl methyl sites for hydroxylation is 2. The third kappa shape index (κ3) is 20.4. The molecule has 3 unspecified atom stereocenters. The maximum Gasteiger partial charge on any atom is 0.326 e. The van der Waals surface area contributed by atoms with Crippen molar-refractivity contribution in [3.05, 3.63) is 119 Å². The van der Waals surface area contributed by atoms with Gasteiger partial charge in [0.1, 0.15) is 15.9 Å². The van der Waals surface area contributed by atoms with Crippen molar-refractivity contribution < 1.29 is 27.9 Å². The van der Waals surface area contributed by atoms with Crippen molar-refractivity contribution in [2.24, 2.45) is 5.92 Å².